The summed E-state index contributed by atoms with van der Waals surface area (Å²) in [5.74, 6) is -0.813. The summed E-state index contributed by atoms with van der Waals surface area (Å²) in [4.78, 5) is 0.0198. The molecule has 3 aromatic carbocycles. The molecule has 3 aromatic rings. The number of allylic oxidation sites excluding steroid dienone is 2. The molecular weight excluding hydrogens is 514 g/mol. The molecule has 0 bridgehead atoms. The summed E-state index contributed by atoms with van der Waals surface area (Å²) in [5, 5.41) is 9.92. The number of aryl methyl sites for hydroxylation is 1. The van der Waals surface area contributed by atoms with E-state index >= 15 is 0 Å². The Bertz CT molecular complexity index is 1500. The average Bonchev–Trinajstić information content (AvgIpc) is 2.82. The van der Waals surface area contributed by atoms with Gasteiger partial charge in [-0.05, 0) is 42.3 Å². The van der Waals surface area contributed by atoms with Gasteiger partial charge in [0.15, 0.2) is 5.76 Å². The molecule has 0 saturated heterocycles. The van der Waals surface area contributed by atoms with Gasteiger partial charge >= 0.3 is 0 Å². The quantitative estimate of drug-likeness (QED) is 0.493. The van der Waals surface area contributed by atoms with Gasteiger partial charge in [0.25, 0.3) is 10.0 Å². The van der Waals surface area contributed by atoms with Gasteiger partial charge in [0.2, 0.25) is 5.88 Å². The number of rotatable bonds is 3. The third kappa shape index (κ3) is 3.58. The maximum Gasteiger partial charge on any atom is 0.265 e. The predicted octanol–water partition coefficient (Wildman–Crippen LogP) is 5.28. The Kier molecular flexibility index (Phi) is 5.47. The lowest BCUT2D eigenvalue weighted by Crippen LogP contribution is -2.39. The van der Waals surface area contributed by atoms with Crippen molar-refractivity contribution in [3.8, 4) is 6.07 Å². The third-order valence-corrected chi connectivity index (χ3v) is 8.42. The van der Waals surface area contributed by atoms with Crippen LogP contribution in [0.15, 0.2) is 93.6 Å². The summed E-state index contributed by atoms with van der Waals surface area (Å²) in [5.41, 5.74) is 9.91. The topological polar surface area (TPSA) is 96.4 Å². The van der Waals surface area contributed by atoms with Crippen molar-refractivity contribution >= 4 is 37.4 Å². The maximum absolute atomic E-state index is 14.2. The van der Waals surface area contributed by atoms with E-state index in [1.54, 1.807) is 24.3 Å². The van der Waals surface area contributed by atoms with E-state index in [0.717, 1.165) is 15.6 Å². The highest BCUT2D eigenvalue weighted by Gasteiger charge is 2.47. The first kappa shape index (κ1) is 22.3. The second kappa shape index (κ2) is 8.35. The minimum Gasteiger partial charge on any atom is -0.439 e. The van der Waals surface area contributed by atoms with Gasteiger partial charge in [-0.1, -0.05) is 70.0 Å². The predicted molar refractivity (Wildman–Crippen MR) is 134 cm³/mol. The normalized spacial score (nSPS) is 18.6. The van der Waals surface area contributed by atoms with Crippen molar-refractivity contribution in [2.45, 2.75) is 19.4 Å². The molecule has 2 heterocycles. The van der Waals surface area contributed by atoms with Crippen molar-refractivity contribution in [2.24, 2.45) is 5.73 Å². The molecule has 5 rings (SSSR count). The first-order chi connectivity index (χ1) is 16.3. The number of nitriles is 1. The van der Waals surface area contributed by atoms with Crippen LogP contribution in [0.1, 0.15) is 28.2 Å². The standard InChI is InChI=1S/C26H20BrN3O3S/c1-16-6-8-17(9-7-16)15-30-22-5-3-2-4-20(22)24-25(34(30,31)32)23(21(14-28)26(29)33-24)18-10-12-19(27)13-11-18/h2-13,23H,15,29H2,1H3/t23-/m0/s1. The zero-order valence-electron chi connectivity index (χ0n) is 18.2. The van der Waals surface area contributed by atoms with Gasteiger partial charge in [0.1, 0.15) is 16.5 Å². The fraction of sp³-hybridized carbons (Fsp3) is 0.115. The fourth-order valence-corrected chi connectivity index (χ4v) is 6.50. The van der Waals surface area contributed by atoms with Gasteiger partial charge in [0.05, 0.1) is 18.2 Å². The lowest BCUT2D eigenvalue weighted by Gasteiger charge is -2.38. The van der Waals surface area contributed by atoms with E-state index in [-0.39, 0.29) is 28.7 Å². The van der Waals surface area contributed by atoms with Crippen molar-refractivity contribution < 1.29 is 13.2 Å². The molecule has 0 aliphatic carbocycles. The van der Waals surface area contributed by atoms with E-state index in [2.05, 4.69) is 22.0 Å². The van der Waals surface area contributed by atoms with Crippen molar-refractivity contribution in [3.63, 3.8) is 0 Å². The van der Waals surface area contributed by atoms with Crippen LogP contribution in [-0.4, -0.2) is 8.42 Å². The third-order valence-electron chi connectivity index (χ3n) is 6.01. The highest BCUT2D eigenvalue weighted by atomic mass is 79.9. The van der Waals surface area contributed by atoms with E-state index in [4.69, 9.17) is 10.5 Å². The summed E-state index contributed by atoms with van der Waals surface area (Å²) >= 11 is 3.41. The first-order valence-electron chi connectivity index (χ1n) is 10.6. The number of nitrogens with two attached hydrogens (primary N) is 1. The number of nitrogens with zero attached hydrogens (tertiary/aromatic N) is 2. The molecule has 0 saturated carbocycles. The number of hydrogen-bond donors (Lipinski definition) is 1. The molecule has 2 aliphatic heterocycles. The van der Waals surface area contributed by atoms with Crippen LogP contribution in [-0.2, 0) is 21.3 Å². The molecule has 0 spiro atoms. The molecule has 0 radical (unpaired) electrons. The van der Waals surface area contributed by atoms with Crippen molar-refractivity contribution in [1.29, 1.82) is 5.26 Å². The van der Waals surface area contributed by atoms with E-state index in [0.29, 0.717) is 16.8 Å². The lowest BCUT2D eigenvalue weighted by molar-refractivity contribution is 0.357. The lowest BCUT2D eigenvalue weighted by atomic mass is 9.88. The van der Waals surface area contributed by atoms with E-state index in [9.17, 15) is 13.7 Å². The van der Waals surface area contributed by atoms with E-state index in [1.165, 1.54) is 4.31 Å². The second-order valence-corrected chi connectivity index (χ2v) is 10.9. The van der Waals surface area contributed by atoms with Gasteiger partial charge in [-0.15, -0.1) is 0 Å². The number of benzene rings is 3. The Hall–Kier alpha value is -3.54. The Morgan fingerprint density at radius 1 is 1.06 bits per heavy atom. The van der Waals surface area contributed by atoms with Gasteiger partial charge in [-0.3, -0.25) is 4.31 Å². The zero-order chi connectivity index (χ0) is 24.0. The minimum absolute atomic E-state index is 0.0198. The summed E-state index contributed by atoms with van der Waals surface area (Å²) < 4.78 is 36.5. The van der Waals surface area contributed by atoms with Crippen molar-refractivity contribution in [1.82, 2.24) is 0 Å². The van der Waals surface area contributed by atoms with Gasteiger partial charge in [-0.2, -0.15) is 5.26 Å². The van der Waals surface area contributed by atoms with Crippen LogP contribution in [0.3, 0.4) is 0 Å². The smallest absolute Gasteiger partial charge is 0.265 e. The Labute approximate surface area is 206 Å². The van der Waals surface area contributed by atoms with Crippen LogP contribution < -0.4 is 10.0 Å². The van der Waals surface area contributed by atoms with E-state index < -0.39 is 15.9 Å². The zero-order valence-corrected chi connectivity index (χ0v) is 20.6. The summed E-state index contributed by atoms with van der Waals surface area (Å²) in [6, 6.07) is 24.2. The first-order valence-corrected chi connectivity index (χ1v) is 12.8. The molecule has 0 unspecified atom stereocenters. The number of ether oxygens (including phenoxy) is 1. The highest BCUT2D eigenvalue weighted by molar-refractivity contribution is 9.10. The Balaban J connectivity index is 1.75. The van der Waals surface area contributed by atoms with Gasteiger partial charge in [0, 0.05) is 10.0 Å². The summed E-state index contributed by atoms with van der Waals surface area (Å²) in [7, 11) is -4.08. The number of anilines is 1. The number of fused-ring (bicyclic) bond motifs is 2. The molecule has 170 valence electrons. The SMILES string of the molecule is Cc1ccc(CN2c3ccccc3C3=C([C@@H](c4ccc(Br)cc4)C(C#N)=C(N)O3)S2(=O)=O)cc1. The second-order valence-electron chi connectivity index (χ2n) is 8.18. The molecule has 0 amide bonds. The molecule has 2 aliphatic rings. The molecule has 34 heavy (non-hydrogen) atoms. The molecular formula is C26H20BrN3O3S. The van der Waals surface area contributed by atoms with E-state index in [1.807, 2.05) is 55.5 Å². The number of hydrogen-bond acceptors (Lipinski definition) is 5. The monoisotopic (exact) mass is 533 g/mol. The molecule has 0 fully saturated rings. The number of halogens is 1. The summed E-state index contributed by atoms with van der Waals surface area (Å²) in [6.45, 7) is 2.13. The fourth-order valence-electron chi connectivity index (χ4n) is 4.33. The van der Waals surface area contributed by atoms with Crippen LogP contribution in [0.5, 0.6) is 0 Å². The van der Waals surface area contributed by atoms with Crippen molar-refractivity contribution in [2.75, 3.05) is 4.31 Å². The molecule has 6 nitrogen and oxygen atoms in total. The minimum atomic E-state index is -4.08. The van der Waals surface area contributed by atoms with Gasteiger partial charge < -0.3 is 10.5 Å². The average molecular weight is 534 g/mol. The van der Waals surface area contributed by atoms with Crippen LogP contribution in [0.2, 0.25) is 0 Å². The number of sulfonamides is 1. The molecule has 8 heteroatoms. The molecule has 1 atom stereocenters. The maximum atomic E-state index is 14.2. The Morgan fingerprint density at radius 2 is 1.74 bits per heavy atom. The van der Waals surface area contributed by atoms with Crippen molar-refractivity contribution in [3.05, 3.63) is 116 Å². The highest BCUT2D eigenvalue weighted by Crippen LogP contribution is 2.51. The summed E-state index contributed by atoms with van der Waals surface area (Å²) in [6.07, 6.45) is 0. The molecule has 2 N–H and O–H groups in total. The van der Waals surface area contributed by atoms with Crippen LogP contribution >= 0.6 is 15.9 Å². The van der Waals surface area contributed by atoms with Gasteiger partial charge in [-0.25, -0.2) is 8.42 Å². The molecule has 0 aromatic heterocycles. The number of para-hydroxylation sites is 1. The largest absolute Gasteiger partial charge is 0.439 e. The van der Waals surface area contributed by atoms with Crippen LogP contribution in [0, 0.1) is 18.3 Å². The van der Waals surface area contributed by atoms with Crippen LogP contribution in [0.4, 0.5) is 5.69 Å². The Morgan fingerprint density at radius 3 is 2.41 bits per heavy atom. The van der Waals surface area contributed by atoms with Crippen LogP contribution in [0.25, 0.3) is 5.76 Å².